The van der Waals surface area contributed by atoms with Crippen LogP contribution in [0.1, 0.15) is 34.3 Å². The Morgan fingerprint density at radius 2 is 2.16 bits per heavy atom. The molecule has 0 radical (unpaired) electrons. The van der Waals surface area contributed by atoms with Gasteiger partial charge >= 0.3 is 0 Å². The average Bonchev–Trinajstić information content (AvgIpc) is 3.48. The van der Waals surface area contributed by atoms with Crippen molar-refractivity contribution in [3.63, 3.8) is 0 Å². The maximum Gasteiger partial charge on any atom is 0.263 e. The van der Waals surface area contributed by atoms with Crippen LogP contribution in [0.2, 0.25) is 0 Å². The molecule has 0 spiro atoms. The summed E-state index contributed by atoms with van der Waals surface area (Å²) in [6.07, 6.45) is 3.69. The highest BCUT2D eigenvalue weighted by Gasteiger charge is 2.28. The largest absolute Gasteiger partial charge is 0.496 e. The fourth-order valence-corrected chi connectivity index (χ4v) is 4.76. The van der Waals surface area contributed by atoms with Crippen LogP contribution in [0, 0.1) is 5.82 Å². The molecule has 1 aliphatic rings. The van der Waals surface area contributed by atoms with E-state index >= 15 is 0 Å². The molecule has 1 amide bonds. The number of hydrogen-bond acceptors (Lipinski definition) is 5. The predicted octanol–water partition coefficient (Wildman–Crippen LogP) is 4.63. The zero-order valence-electron chi connectivity index (χ0n) is 17.0. The van der Waals surface area contributed by atoms with Gasteiger partial charge in [-0.1, -0.05) is 6.07 Å². The first-order valence-corrected chi connectivity index (χ1v) is 11.0. The standard InChI is InChI=1S/C23H21FN4O2S/c1-30-19-8-7-17(24)12-18(19)15-6-9-21-25-22(26-28(21)14-15)16-4-2-10-27(13-16)23(29)20-5-3-11-31-20/h3,5-9,11-12,14,16H,2,4,10,13H2,1H3. The molecule has 0 N–H and O–H groups in total. The fraction of sp³-hybridized carbons (Fsp3) is 0.261. The van der Waals surface area contributed by atoms with E-state index in [0.29, 0.717) is 17.9 Å². The lowest BCUT2D eigenvalue weighted by Crippen LogP contribution is -2.39. The number of fused-ring (bicyclic) bond motifs is 1. The van der Waals surface area contributed by atoms with Crippen molar-refractivity contribution in [2.75, 3.05) is 20.2 Å². The van der Waals surface area contributed by atoms with Gasteiger partial charge in [0.15, 0.2) is 11.5 Å². The number of halogens is 1. The highest BCUT2D eigenvalue weighted by atomic mass is 32.1. The first-order chi connectivity index (χ1) is 15.1. The lowest BCUT2D eigenvalue weighted by molar-refractivity contribution is 0.0709. The summed E-state index contributed by atoms with van der Waals surface area (Å²) in [6, 6.07) is 12.0. The summed E-state index contributed by atoms with van der Waals surface area (Å²) in [7, 11) is 1.56. The minimum Gasteiger partial charge on any atom is -0.496 e. The number of piperidine rings is 1. The number of pyridine rings is 1. The molecule has 0 bridgehead atoms. The van der Waals surface area contributed by atoms with Crippen LogP contribution in [0.3, 0.4) is 0 Å². The van der Waals surface area contributed by atoms with Crippen LogP contribution < -0.4 is 4.74 Å². The van der Waals surface area contributed by atoms with Crippen molar-refractivity contribution in [2.45, 2.75) is 18.8 Å². The molecule has 1 unspecified atom stereocenters. The van der Waals surface area contributed by atoms with Crippen LogP contribution in [0.5, 0.6) is 5.75 Å². The summed E-state index contributed by atoms with van der Waals surface area (Å²) in [5.41, 5.74) is 2.17. The number of likely N-dealkylation sites (tertiary alicyclic amines) is 1. The number of hydrogen-bond donors (Lipinski definition) is 0. The smallest absolute Gasteiger partial charge is 0.263 e. The molecule has 5 rings (SSSR count). The molecule has 1 fully saturated rings. The number of nitrogens with zero attached hydrogens (tertiary/aromatic N) is 4. The molecular formula is C23H21FN4O2S. The number of benzene rings is 1. The van der Waals surface area contributed by atoms with Crippen molar-refractivity contribution in [1.82, 2.24) is 19.5 Å². The lowest BCUT2D eigenvalue weighted by atomic mass is 9.97. The van der Waals surface area contributed by atoms with Crippen LogP contribution in [0.25, 0.3) is 16.8 Å². The number of ether oxygens (including phenoxy) is 1. The van der Waals surface area contributed by atoms with Gasteiger partial charge in [0.2, 0.25) is 0 Å². The van der Waals surface area contributed by atoms with Gasteiger partial charge in [0, 0.05) is 36.3 Å². The van der Waals surface area contributed by atoms with Gasteiger partial charge in [-0.05, 0) is 54.6 Å². The minimum absolute atomic E-state index is 0.0731. The van der Waals surface area contributed by atoms with Crippen LogP contribution >= 0.6 is 11.3 Å². The maximum atomic E-state index is 13.8. The molecule has 3 aromatic heterocycles. The number of carbonyl (C=O) groups is 1. The van der Waals surface area contributed by atoms with Gasteiger partial charge < -0.3 is 9.64 Å². The number of methoxy groups -OCH3 is 1. The van der Waals surface area contributed by atoms with E-state index in [0.717, 1.165) is 41.3 Å². The highest BCUT2D eigenvalue weighted by Crippen LogP contribution is 2.31. The second-order valence-corrected chi connectivity index (χ2v) is 8.55. The molecule has 158 valence electrons. The predicted molar refractivity (Wildman–Crippen MR) is 117 cm³/mol. The fourth-order valence-electron chi connectivity index (χ4n) is 4.07. The van der Waals surface area contributed by atoms with E-state index in [1.54, 1.807) is 17.7 Å². The monoisotopic (exact) mass is 436 g/mol. The Bertz CT molecular complexity index is 1240. The molecule has 4 aromatic rings. The number of amides is 1. The van der Waals surface area contributed by atoms with E-state index < -0.39 is 0 Å². The summed E-state index contributed by atoms with van der Waals surface area (Å²) < 4.78 is 20.9. The number of rotatable bonds is 4. The maximum absolute atomic E-state index is 13.8. The third kappa shape index (κ3) is 3.79. The second kappa shape index (κ2) is 8.11. The molecule has 0 saturated carbocycles. The summed E-state index contributed by atoms with van der Waals surface area (Å²) in [5, 5.41) is 6.61. The zero-order chi connectivity index (χ0) is 21.4. The quantitative estimate of drug-likeness (QED) is 0.468. The molecular weight excluding hydrogens is 415 g/mol. The van der Waals surface area contributed by atoms with Gasteiger partial charge in [-0.25, -0.2) is 13.9 Å². The molecule has 1 saturated heterocycles. The van der Waals surface area contributed by atoms with Gasteiger partial charge in [-0.15, -0.1) is 11.3 Å². The van der Waals surface area contributed by atoms with Crippen LogP contribution in [-0.4, -0.2) is 45.6 Å². The van der Waals surface area contributed by atoms with Crippen molar-refractivity contribution in [3.8, 4) is 16.9 Å². The Morgan fingerprint density at radius 1 is 1.26 bits per heavy atom. The van der Waals surface area contributed by atoms with Crippen molar-refractivity contribution in [2.24, 2.45) is 0 Å². The molecule has 8 heteroatoms. The Hall–Kier alpha value is -3.26. The first kappa shape index (κ1) is 19.7. The van der Waals surface area contributed by atoms with Gasteiger partial charge in [0.25, 0.3) is 5.91 Å². The Labute approximate surface area is 182 Å². The van der Waals surface area contributed by atoms with Crippen LogP contribution in [0.4, 0.5) is 4.39 Å². The highest BCUT2D eigenvalue weighted by molar-refractivity contribution is 7.12. The lowest BCUT2D eigenvalue weighted by Gasteiger charge is -2.31. The van der Waals surface area contributed by atoms with E-state index in [1.165, 1.54) is 23.5 Å². The molecule has 31 heavy (non-hydrogen) atoms. The minimum atomic E-state index is -0.326. The second-order valence-electron chi connectivity index (χ2n) is 7.60. The van der Waals surface area contributed by atoms with Gasteiger partial charge in [-0.3, -0.25) is 4.79 Å². The van der Waals surface area contributed by atoms with Gasteiger partial charge in [-0.2, -0.15) is 5.10 Å². The number of thiophene rings is 1. The summed E-state index contributed by atoms with van der Waals surface area (Å²) in [4.78, 5) is 20.1. The van der Waals surface area contributed by atoms with E-state index in [9.17, 15) is 9.18 Å². The van der Waals surface area contributed by atoms with E-state index in [1.807, 2.05) is 40.7 Å². The Balaban J connectivity index is 1.43. The molecule has 0 aliphatic carbocycles. The zero-order valence-corrected chi connectivity index (χ0v) is 17.8. The van der Waals surface area contributed by atoms with Crippen molar-refractivity contribution >= 4 is 22.9 Å². The summed E-state index contributed by atoms with van der Waals surface area (Å²) >= 11 is 1.47. The average molecular weight is 437 g/mol. The van der Waals surface area contributed by atoms with Crippen molar-refractivity contribution in [1.29, 1.82) is 0 Å². The molecule has 6 nitrogen and oxygen atoms in total. The molecule has 1 atom stereocenters. The van der Waals surface area contributed by atoms with E-state index in [4.69, 9.17) is 14.8 Å². The normalized spacial score (nSPS) is 16.6. The van der Waals surface area contributed by atoms with Crippen LogP contribution in [-0.2, 0) is 0 Å². The Morgan fingerprint density at radius 3 is 2.97 bits per heavy atom. The third-order valence-electron chi connectivity index (χ3n) is 5.63. The SMILES string of the molecule is COc1ccc(F)cc1-c1ccc2nc(C3CCCN(C(=O)c4cccs4)C3)nn2c1. The van der Waals surface area contributed by atoms with Gasteiger partial charge in [0.1, 0.15) is 11.6 Å². The molecule has 1 aromatic carbocycles. The van der Waals surface area contributed by atoms with Crippen molar-refractivity contribution < 1.29 is 13.9 Å². The van der Waals surface area contributed by atoms with Gasteiger partial charge in [0.05, 0.1) is 12.0 Å². The Kier molecular flexibility index (Phi) is 5.15. The van der Waals surface area contributed by atoms with Crippen LogP contribution in [0.15, 0.2) is 54.0 Å². The van der Waals surface area contributed by atoms with Crippen molar-refractivity contribution in [3.05, 3.63) is 70.6 Å². The third-order valence-corrected chi connectivity index (χ3v) is 6.48. The molecule has 4 heterocycles. The summed E-state index contributed by atoms with van der Waals surface area (Å²) in [5.74, 6) is 1.16. The summed E-state index contributed by atoms with van der Waals surface area (Å²) in [6.45, 7) is 1.36. The van der Waals surface area contributed by atoms with E-state index in [2.05, 4.69) is 0 Å². The number of aromatic nitrogens is 3. The first-order valence-electron chi connectivity index (χ1n) is 10.2. The topological polar surface area (TPSA) is 59.7 Å². The van der Waals surface area contributed by atoms with E-state index in [-0.39, 0.29) is 17.6 Å². The number of carbonyl (C=O) groups excluding carboxylic acids is 1. The molecule has 1 aliphatic heterocycles.